The first-order valence-electron chi connectivity index (χ1n) is 9.29. The number of aryl methyl sites for hydroxylation is 1. The number of hydrogen-bond acceptors (Lipinski definition) is 4. The Morgan fingerprint density at radius 3 is 2.63 bits per heavy atom. The number of carbonyl (C=O) groups is 1. The van der Waals surface area contributed by atoms with E-state index in [4.69, 9.17) is 11.6 Å². The summed E-state index contributed by atoms with van der Waals surface area (Å²) in [7, 11) is 0. The van der Waals surface area contributed by atoms with Crippen molar-refractivity contribution in [3.63, 3.8) is 0 Å². The van der Waals surface area contributed by atoms with Gasteiger partial charge >= 0.3 is 0 Å². The number of aromatic nitrogens is 2. The van der Waals surface area contributed by atoms with Crippen molar-refractivity contribution >= 4 is 45.9 Å². The van der Waals surface area contributed by atoms with Crippen molar-refractivity contribution in [1.82, 2.24) is 9.55 Å². The Bertz CT molecular complexity index is 1300. The highest BCUT2D eigenvalue weighted by Crippen LogP contribution is 2.23. The number of nitrogens with zero attached hydrogens (tertiary/aromatic N) is 2. The van der Waals surface area contributed by atoms with E-state index in [-0.39, 0.29) is 17.2 Å². The maximum Gasteiger partial charge on any atom is 0.266 e. The standard InChI is InChI=1S/C23H18ClN3O2S/c1-15-7-2-4-11-19(15)25-21(28)14-30-23-26-20-12-5-3-10-18(20)22(29)27(23)17-9-6-8-16(24)13-17/h2-13H,14H2,1H3,(H,25,28). The Kier molecular flexibility index (Phi) is 5.88. The summed E-state index contributed by atoms with van der Waals surface area (Å²) >= 11 is 7.35. The summed E-state index contributed by atoms with van der Waals surface area (Å²) in [5, 5.41) is 4.36. The molecule has 0 saturated carbocycles. The third kappa shape index (κ3) is 4.25. The molecule has 7 heteroatoms. The number of nitrogens with one attached hydrogen (secondary N) is 1. The monoisotopic (exact) mass is 435 g/mol. The minimum absolute atomic E-state index is 0.111. The predicted molar refractivity (Wildman–Crippen MR) is 123 cm³/mol. The van der Waals surface area contributed by atoms with Crippen LogP contribution in [0.4, 0.5) is 5.69 Å². The van der Waals surface area contributed by atoms with E-state index in [1.54, 1.807) is 42.5 Å². The van der Waals surface area contributed by atoms with E-state index in [1.807, 2.05) is 37.3 Å². The zero-order valence-corrected chi connectivity index (χ0v) is 17.7. The fourth-order valence-electron chi connectivity index (χ4n) is 3.08. The molecule has 3 aromatic carbocycles. The van der Waals surface area contributed by atoms with E-state index >= 15 is 0 Å². The zero-order chi connectivity index (χ0) is 21.1. The van der Waals surface area contributed by atoms with Crippen molar-refractivity contribution in [2.24, 2.45) is 0 Å². The molecule has 0 aliphatic carbocycles. The van der Waals surface area contributed by atoms with Gasteiger partial charge < -0.3 is 5.32 Å². The summed E-state index contributed by atoms with van der Waals surface area (Å²) < 4.78 is 1.50. The van der Waals surface area contributed by atoms with Crippen LogP contribution in [0, 0.1) is 6.92 Å². The molecule has 4 aromatic rings. The average Bonchev–Trinajstić information content (AvgIpc) is 2.74. The maximum atomic E-state index is 13.2. The highest BCUT2D eigenvalue weighted by atomic mass is 35.5. The van der Waals surface area contributed by atoms with Gasteiger partial charge in [0.25, 0.3) is 5.56 Å². The highest BCUT2D eigenvalue weighted by molar-refractivity contribution is 7.99. The molecule has 1 aromatic heterocycles. The number of para-hydroxylation sites is 2. The molecule has 0 atom stereocenters. The third-order valence-corrected chi connectivity index (χ3v) is 5.74. The number of benzene rings is 3. The smallest absolute Gasteiger partial charge is 0.266 e. The van der Waals surface area contributed by atoms with Crippen molar-refractivity contribution in [2.45, 2.75) is 12.1 Å². The number of amides is 1. The molecule has 30 heavy (non-hydrogen) atoms. The Morgan fingerprint density at radius 1 is 1.07 bits per heavy atom. The predicted octanol–water partition coefficient (Wildman–Crippen LogP) is 5.08. The molecule has 4 rings (SSSR count). The fraction of sp³-hybridized carbons (Fsp3) is 0.0870. The summed E-state index contributed by atoms with van der Waals surface area (Å²) in [5.41, 5.74) is 2.73. The number of rotatable bonds is 5. The molecule has 1 amide bonds. The van der Waals surface area contributed by atoms with E-state index in [0.717, 1.165) is 11.3 Å². The first-order chi connectivity index (χ1) is 14.5. The van der Waals surface area contributed by atoms with Crippen molar-refractivity contribution in [3.8, 4) is 5.69 Å². The van der Waals surface area contributed by atoms with Crippen molar-refractivity contribution < 1.29 is 4.79 Å². The van der Waals surface area contributed by atoms with Gasteiger partial charge in [0.15, 0.2) is 5.16 Å². The lowest BCUT2D eigenvalue weighted by atomic mass is 10.2. The van der Waals surface area contributed by atoms with Gasteiger partial charge in [0.2, 0.25) is 5.91 Å². The molecule has 0 spiro atoms. The molecule has 5 nitrogen and oxygen atoms in total. The minimum Gasteiger partial charge on any atom is -0.325 e. The molecule has 0 aliphatic rings. The molecule has 0 saturated heterocycles. The van der Waals surface area contributed by atoms with E-state index in [2.05, 4.69) is 10.3 Å². The van der Waals surface area contributed by atoms with Gasteiger partial charge in [0.05, 0.1) is 22.3 Å². The van der Waals surface area contributed by atoms with Gasteiger partial charge in [-0.3, -0.25) is 14.2 Å². The van der Waals surface area contributed by atoms with Crippen LogP contribution in [0.2, 0.25) is 5.02 Å². The number of thioether (sulfide) groups is 1. The van der Waals surface area contributed by atoms with Crippen LogP contribution in [-0.2, 0) is 4.79 Å². The molecule has 0 aliphatic heterocycles. The largest absolute Gasteiger partial charge is 0.325 e. The summed E-state index contributed by atoms with van der Waals surface area (Å²) in [5.74, 6) is -0.0611. The summed E-state index contributed by atoms with van der Waals surface area (Å²) in [6.07, 6.45) is 0. The summed E-state index contributed by atoms with van der Waals surface area (Å²) in [6.45, 7) is 1.93. The Hall–Kier alpha value is -3.09. The zero-order valence-electron chi connectivity index (χ0n) is 16.1. The normalized spacial score (nSPS) is 10.9. The molecular formula is C23H18ClN3O2S. The Balaban J connectivity index is 1.69. The molecule has 0 radical (unpaired) electrons. The number of anilines is 1. The topological polar surface area (TPSA) is 64.0 Å². The van der Waals surface area contributed by atoms with Crippen molar-refractivity contribution in [1.29, 1.82) is 0 Å². The van der Waals surface area contributed by atoms with Gasteiger partial charge in [0, 0.05) is 10.7 Å². The molecule has 1 heterocycles. The lowest BCUT2D eigenvalue weighted by Crippen LogP contribution is -2.23. The van der Waals surface area contributed by atoms with E-state index in [9.17, 15) is 9.59 Å². The van der Waals surface area contributed by atoms with E-state index in [1.165, 1.54) is 16.3 Å². The maximum absolute atomic E-state index is 13.2. The third-order valence-electron chi connectivity index (χ3n) is 4.56. The number of halogens is 1. The van der Waals surface area contributed by atoms with Gasteiger partial charge in [-0.15, -0.1) is 0 Å². The fourth-order valence-corrected chi connectivity index (χ4v) is 4.08. The molecule has 0 fully saturated rings. The van der Waals surface area contributed by atoms with Crippen LogP contribution in [0.3, 0.4) is 0 Å². The molecule has 0 bridgehead atoms. The van der Waals surface area contributed by atoms with Crippen LogP contribution in [0.15, 0.2) is 82.7 Å². The van der Waals surface area contributed by atoms with Crippen LogP contribution in [0.1, 0.15) is 5.56 Å². The van der Waals surface area contributed by atoms with Crippen LogP contribution >= 0.6 is 23.4 Å². The SMILES string of the molecule is Cc1ccccc1NC(=O)CSc1nc2ccccc2c(=O)n1-c1cccc(Cl)c1. The van der Waals surface area contributed by atoms with Crippen LogP contribution in [0.5, 0.6) is 0 Å². The molecule has 150 valence electrons. The lowest BCUT2D eigenvalue weighted by Gasteiger charge is -2.14. The van der Waals surface area contributed by atoms with Crippen molar-refractivity contribution in [2.75, 3.05) is 11.1 Å². The summed E-state index contributed by atoms with van der Waals surface area (Å²) in [4.78, 5) is 30.4. The quantitative estimate of drug-likeness (QED) is 0.351. The van der Waals surface area contributed by atoms with E-state index in [0.29, 0.717) is 26.8 Å². The number of hydrogen-bond donors (Lipinski definition) is 1. The van der Waals surface area contributed by atoms with Crippen LogP contribution in [-0.4, -0.2) is 21.2 Å². The van der Waals surface area contributed by atoms with Gasteiger partial charge in [-0.1, -0.05) is 59.8 Å². The second-order valence-corrected chi connectivity index (χ2v) is 8.06. The van der Waals surface area contributed by atoms with Crippen LogP contribution < -0.4 is 10.9 Å². The van der Waals surface area contributed by atoms with Gasteiger partial charge in [0.1, 0.15) is 0 Å². The molecule has 1 N–H and O–H groups in total. The molecular weight excluding hydrogens is 418 g/mol. The first-order valence-corrected chi connectivity index (χ1v) is 10.7. The van der Waals surface area contributed by atoms with Crippen molar-refractivity contribution in [3.05, 3.63) is 93.7 Å². The average molecular weight is 436 g/mol. The van der Waals surface area contributed by atoms with E-state index < -0.39 is 0 Å². The highest BCUT2D eigenvalue weighted by Gasteiger charge is 2.15. The Morgan fingerprint density at radius 2 is 1.83 bits per heavy atom. The van der Waals surface area contributed by atoms with Crippen LogP contribution in [0.25, 0.3) is 16.6 Å². The first kappa shape index (κ1) is 20.2. The molecule has 0 unspecified atom stereocenters. The second-order valence-electron chi connectivity index (χ2n) is 6.68. The summed E-state index contributed by atoms with van der Waals surface area (Å²) in [6, 6.07) is 21.8. The minimum atomic E-state index is -0.204. The second kappa shape index (κ2) is 8.73. The van der Waals surface area contributed by atoms with Gasteiger partial charge in [-0.2, -0.15) is 0 Å². The Labute approximate surface area is 182 Å². The number of carbonyl (C=O) groups excluding carboxylic acids is 1. The number of fused-ring (bicyclic) bond motifs is 1. The van der Waals surface area contributed by atoms with Gasteiger partial charge in [-0.25, -0.2) is 4.98 Å². The lowest BCUT2D eigenvalue weighted by molar-refractivity contribution is -0.113. The van der Waals surface area contributed by atoms with Gasteiger partial charge in [-0.05, 0) is 48.9 Å².